The Balaban J connectivity index is 1.65. The Morgan fingerprint density at radius 2 is 1.59 bits per heavy atom. The Morgan fingerprint density at radius 3 is 2.19 bits per heavy atom. The van der Waals surface area contributed by atoms with Gasteiger partial charge in [0.05, 0.1) is 17.4 Å². The van der Waals surface area contributed by atoms with Gasteiger partial charge in [-0.1, -0.05) is 18.2 Å². The molecule has 7 heteroatoms. The van der Waals surface area contributed by atoms with E-state index in [1.807, 2.05) is 19.1 Å². The van der Waals surface area contributed by atoms with Gasteiger partial charge in [-0.25, -0.2) is 4.98 Å². The van der Waals surface area contributed by atoms with Crippen molar-refractivity contribution in [3.8, 4) is 0 Å². The minimum absolute atomic E-state index is 0.260. The molecule has 0 bridgehead atoms. The second-order valence-corrected chi connectivity index (χ2v) is 5.90. The van der Waals surface area contributed by atoms with Crippen LogP contribution in [0, 0.1) is 6.92 Å². The summed E-state index contributed by atoms with van der Waals surface area (Å²) in [6, 6.07) is 15.2. The number of aryl methyl sites for hydroxylation is 1. The first-order chi connectivity index (χ1) is 12.8. The van der Waals surface area contributed by atoms with Crippen molar-refractivity contribution in [3.63, 3.8) is 0 Å². The maximum absolute atomic E-state index is 12.6. The number of hydrogen-bond acceptors (Lipinski definition) is 3. The number of hydrogen-bond donors (Lipinski definition) is 2. The van der Waals surface area contributed by atoms with Crippen molar-refractivity contribution in [2.75, 3.05) is 10.6 Å². The third-order valence-corrected chi connectivity index (χ3v) is 3.90. The molecule has 138 valence electrons. The molecule has 3 aromatic rings. The molecule has 27 heavy (non-hydrogen) atoms. The highest BCUT2D eigenvalue weighted by atomic mass is 19.4. The molecule has 0 aliphatic rings. The number of benzene rings is 2. The number of rotatable bonds is 4. The van der Waals surface area contributed by atoms with E-state index in [0.717, 1.165) is 17.7 Å². The van der Waals surface area contributed by atoms with Gasteiger partial charge in [0.25, 0.3) is 5.91 Å². The molecule has 0 aliphatic heterocycles. The lowest BCUT2D eigenvalue weighted by molar-refractivity contribution is -0.137. The van der Waals surface area contributed by atoms with E-state index in [4.69, 9.17) is 0 Å². The van der Waals surface area contributed by atoms with Gasteiger partial charge in [-0.05, 0) is 55.0 Å². The van der Waals surface area contributed by atoms with Crippen LogP contribution in [-0.4, -0.2) is 10.9 Å². The van der Waals surface area contributed by atoms with E-state index in [-0.39, 0.29) is 5.91 Å². The standard InChI is InChI=1S/C20H16F3N3O/c1-13-4-2-3-5-17(13)19(27)26-18-11-10-16(12-24-18)25-15-8-6-14(7-9-15)20(21,22)23/h2-12,25H,1H3,(H,24,26,27). The zero-order valence-electron chi connectivity index (χ0n) is 14.3. The molecule has 0 saturated heterocycles. The molecule has 2 N–H and O–H groups in total. The number of nitrogens with zero attached hydrogens (tertiary/aromatic N) is 1. The van der Waals surface area contributed by atoms with E-state index in [0.29, 0.717) is 22.8 Å². The summed E-state index contributed by atoms with van der Waals surface area (Å²) < 4.78 is 37.7. The number of pyridine rings is 1. The number of nitrogens with one attached hydrogen (secondary N) is 2. The maximum Gasteiger partial charge on any atom is 0.416 e. The summed E-state index contributed by atoms with van der Waals surface area (Å²) in [6.45, 7) is 1.85. The third kappa shape index (κ3) is 4.63. The zero-order chi connectivity index (χ0) is 19.4. The van der Waals surface area contributed by atoms with Gasteiger partial charge < -0.3 is 10.6 Å². The van der Waals surface area contributed by atoms with Gasteiger partial charge in [0.2, 0.25) is 0 Å². The summed E-state index contributed by atoms with van der Waals surface area (Å²) in [4.78, 5) is 16.4. The summed E-state index contributed by atoms with van der Waals surface area (Å²) >= 11 is 0. The quantitative estimate of drug-likeness (QED) is 0.645. The first-order valence-electron chi connectivity index (χ1n) is 8.10. The van der Waals surface area contributed by atoms with E-state index >= 15 is 0 Å². The second kappa shape index (κ2) is 7.49. The fourth-order valence-corrected chi connectivity index (χ4v) is 2.46. The molecule has 1 amide bonds. The lowest BCUT2D eigenvalue weighted by atomic mass is 10.1. The van der Waals surface area contributed by atoms with Gasteiger partial charge in [-0.3, -0.25) is 4.79 Å². The number of aromatic nitrogens is 1. The van der Waals surface area contributed by atoms with Crippen molar-refractivity contribution in [1.29, 1.82) is 0 Å². The van der Waals surface area contributed by atoms with Gasteiger partial charge in [-0.15, -0.1) is 0 Å². The molecule has 0 aliphatic carbocycles. The molecule has 1 heterocycles. The number of carbonyl (C=O) groups excluding carboxylic acids is 1. The number of halogens is 3. The Kier molecular flexibility index (Phi) is 5.12. The van der Waals surface area contributed by atoms with Gasteiger partial charge in [0, 0.05) is 11.3 Å². The number of amides is 1. The SMILES string of the molecule is Cc1ccccc1C(=O)Nc1ccc(Nc2ccc(C(F)(F)F)cc2)cn1. The van der Waals surface area contributed by atoms with Gasteiger partial charge in [0.15, 0.2) is 0 Å². The highest BCUT2D eigenvalue weighted by Crippen LogP contribution is 2.30. The Hall–Kier alpha value is -3.35. The van der Waals surface area contributed by atoms with Crippen molar-refractivity contribution in [2.24, 2.45) is 0 Å². The molecule has 0 radical (unpaired) electrons. The van der Waals surface area contributed by atoms with Crippen LogP contribution in [-0.2, 0) is 6.18 Å². The summed E-state index contributed by atoms with van der Waals surface area (Å²) in [6.07, 6.45) is -2.87. The Bertz CT molecular complexity index is 936. The van der Waals surface area contributed by atoms with Crippen LogP contribution in [0.3, 0.4) is 0 Å². The number of carbonyl (C=O) groups is 1. The smallest absolute Gasteiger partial charge is 0.354 e. The van der Waals surface area contributed by atoms with Gasteiger partial charge in [-0.2, -0.15) is 13.2 Å². The molecule has 0 atom stereocenters. The largest absolute Gasteiger partial charge is 0.416 e. The van der Waals surface area contributed by atoms with Crippen LogP contribution < -0.4 is 10.6 Å². The van der Waals surface area contributed by atoms with Crippen molar-refractivity contribution in [1.82, 2.24) is 4.98 Å². The van der Waals surface area contributed by atoms with Crippen molar-refractivity contribution in [2.45, 2.75) is 13.1 Å². The molecule has 1 aromatic heterocycles. The van der Waals surface area contributed by atoms with Crippen LogP contribution >= 0.6 is 0 Å². The van der Waals surface area contributed by atoms with E-state index in [1.165, 1.54) is 18.3 Å². The predicted octanol–water partition coefficient (Wildman–Crippen LogP) is 5.40. The van der Waals surface area contributed by atoms with Crippen LogP contribution in [0.4, 0.5) is 30.4 Å². The van der Waals surface area contributed by atoms with Crippen LogP contribution in [0.25, 0.3) is 0 Å². The highest BCUT2D eigenvalue weighted by molar-refractivity contribution is 6.04. The summed E-state index contributed by atoms with van der Waals surface area (Å²) in [7, 11) is 0. The fraction of sp³-hybridized carbons (Fsp3) is 0.100. The first-order valence-corrected chi connectivity index (χ1v) is 8.10. The minimum atomic E-state index is -4.36. The Morgan fingerprint density at radius 1 is 0.926 bits per heavy atom. The maximum atomic E-state index is 12.6. The average molecular weight is 371 g/mol. The van der Waals surface area contributed by atoms with E-state index in [1.54, 1.807) is 24.3 Å². The molecule has 4 nitrogen and oxygen atoms in total. The predicted molar refractivity (Wildman–Crippen MR) is 98.1 cm³/mol. The fourth-order valence-electron chi connectivity index (χ4n) is 2.46. The lowest BCUT2D eigenvalue weighted by Crippen LogP contribution is -2.14. The van der Waals surface area contributed by atoms with Crippen LogP contribution in [0.2, 0.25) is 0 Å². The second-order valence-electron chi connectivity index (χ2n) is 5.90. The van der Waals surface area contributed by atoms with Crippen LogP contribution in [0.5, 0.6) is 0 Å². The highest BCUT2D eigenvalue weighted by Gasteiger charge is 2.29. The molecule has 0 saturated carbocycles. The molecule has 3 rings (SSSR count). The molecular weight excluding hydrogens is 355 g/mol. The molecule has 0 fully saturated rings. The van der Waals surface area contributed by atoms with Crippen LogP contribution in [0.1, 0.15) is 21.5 Å². The average Bonchev–Trinajstić information content (AvgIpc) is 2.63. The Labute approximate surface area is 154 Å². The summed E-state index contributed by atoms with van der Waals surface area (Å²) in [5.41, 5.74) is 1.80. The van der Waals surface area contributed by atoms with E-state index < -0.39 is 11.7 Å². The van der Waals surface area contributed by atoms with Gasteiger partial charge in [0.1, 0.15) is 5.82 Å². The lowest BCUT2D eigenvalue weighted by Gasteiger charge is -2.10. The van der Waals surface area contributed by atoms with Crippen molar-refractivity contribution >= 4 is 23.1 Å². The molecule has 0 spiro atoms. The summed E-state index contributed by atoms with van der Waals surface area (Å²) in [5.74, 6) is 0.116. The van der Waals surface area contributed by atoms with E-state index in [9.17, 15) is 18.0 Å². The summed E-state index contributed by atoms with van der Waals surface area (Å²) in [5, 5.41) is 5.67. The monoisotopic (exact) mass is 371 g/mol. The van der Waals surface area contributed by atoms with Crippen molar-refractivity contribution in [3.05, 3.63) is 83.6 Å². The van der Waals surface area contributed by atoms with Gasteiger partial charge >= 0.3 is 6.18 Å². The minimum Gasteiger partial charge on any atom is -0.354 e. The zero-order valence-corrected chi connectivity index (χ0v) is 14.3. The normalized spacial score (nSPS) is 11.1. The first kappa shape index (κ1) is 18.4. The topological polar surface area (TPSA) is 54.0 Å². The molecule has 0 unspecified atom stereocenters. The number of alkyl halides is 3. The number of anilines is 3. The molecule has 2 aromatic carbocycles. The molecular formula is C20H16F3N3O. The third-order valence-electron chi connectivity index (χ3n) is 3.90. The van der Waals surface area contributed by atoms with Crippen LogP contribution in [0.15, 0.2) is 66.9 Å². The van der Waals surface area contributed by atoms with E-state index in [2.05, 4.69) is 15.6 Å². The van der Waals surface area contributed by atoms with Crippen molar-refractivity contribution < 1.29 is 18.0 Å².